The summed E-state index contributed by atoms with van der Waals surface area (Å²) in [4.78, 5) is 0. The summed E-state index contributed by atoms with van der Waals surface area (Å²) in [6, 6.07) is 0. The van der Waals surface area contributed by atoms with E-state index in [9.17, 15) is 0 Å². The zero-order valence-corrected chi connectivity index (χ0v) is 8.89. The molecule has 0 bridgehead atoms. The first kappa shape index (κ1) is 11.9. The second kappa shape index (κ2) is 4.83. The summed E-state index contributed by atoms with van der Waals surface area (Å²) < 4.78 is 10.9. The quantitative estimate of drug-likeness (QED) is 0.609. The smallest absolute Gasteiger partial charge is 0.158 e. The normalized spacial score (nSPS) is 17.5. The van der Waals surface area contributed by atoms with Crippen molar-refractivity contribution in [3.63, 3.8) is 0 Å². The Morgan fingerprint density at radius 2 is 1.83 bits per heavy atom. The van der Waals surface area contributed by atoms with E-state index in [0.717, 1.165) is 6.42 Å². The van der Waals surface area contributed by atoms with Crippen molar-refractivity contribution in [2.45, 2.75) is 59.0 Å². The molecule has 0 saturated carbocycles. The highest BCUT2D eigenvalue weighted by molar-refractivity contribution is 4.62. The van der Waals surface area contributed by atoms with Gasteiger partial charge in [0.05, 0.1) is 11.7 Å². The second-order valence-electron chi connectivity index (χ2n) is 4.01. The van der Waals surface area contributed by atoms with Crippen molar-refractivity contribution in [1.29, 1.82) is 0 Å². The molecule has 2 atom stereocenters. The molecule has 0 aliphatic heterocycles. The third-order valence-corrected chi connectivity index (χ3v) is 1.44. The minimum absolute atomic E-state index is 0.181. The van der Waals surface area contributed by atoms with Crippen LogP contribution in [0, 0.1) is 6.92 Å². The summed E-state index contributed by atoms with van der Waals surface area (Å²) in [6.07, 6.45) is 0.842. The lowest BCUT2D eigenvalue weighted by atomic mass is 10.2. The first-order valence-corrected chi connectivity index (χ1v) is 4.51. The fraction of sp³-hybridized carbons (Fsp3) is 0.900. The largest absolute Gasteiger partial charge is 0.350 e. The standard InChI is InChI=1S/C10H21O2/c1-7-8(2)11-9(3)12-10(4,5)6/h8-9H,3,7H2,1-2,4-6H3. The lowest BCUT2D eigenvalue weighted by molar-refractivity contribution is -0.189. The van der Waals surface area contributed by atoms with Crippen molar-refractivity contribution in [3.8, 4) is 0 Å². The number of ether oxygens (including phenoxy) is 2. The average molecular weight is 173 g/mol. The first-order valence-electron chi connectivity index (χ1n) is 4.51. The minimum atomic E-state index is -0.361. The highest BCUT2D eigenvalue weighted by atomic mass is 16.7. The van der Waals surface area contributed by atoms with E-state index in [4.69, 9.17) is 9.47 Å². The molecular formula is C10H21O2. The van der Waals surface area contributed by atoms with Crippen LogP contribution in [0.2, 0.25) is 0 Å². The van der Waals surface area contributed by atoms with Gasteiger partial charge in [0.25, 0.3) is 0 Å². The molecule has 2 unspecified atom stereocenters. The molecule has 0 amide bonds. The second-order valence-corrected chi connectivity index (χ2v) is 4.01. The molecule has 0 spiro atoms. The van der Waals surface area contributed by atoms with Gasteiger partial charge in [-0.15, -0.1) is 0 Å². The fourth-order valence-electron chi connectivity index (χ4n) is 0.777. The summed E-state index contributed by atoms with van der Waals surface area (Å²) in [5.74, 6) is 0. The zero-order valence-electron chi connectivity index (χ0n) is 8.89. The van der Waals surface area contributed by atoms with Crippen molar-refractivity contribution >= 4 is 0 Å². The Hall–Kier alpha value is -0.0800. The molecule has 1 radical (unpaired) electrons. The van der Waals surface area contributed by atoms with Gasteiger partial charge in [0, 0.05) is 6.92 Å². The van der Waals surface area contributed by atoms with Crippen LogP contribution in [-0.2, 0) is 9.47 Å². The SMILES string of the molecule is [CH2]C(OC(C)CC)OC(C)(C)C. The van der Waals surface area contributed by atoms with E-state index in [1.54, 1.807) is 0 Å². The Balaban J connectivity index is 3.66. The molecule has 2 heteroatoms. The molecule has 0 aliphatic carbocycles. The van der Waals surface area contributed by atoms with E-state index in [0.29, 0.717) is 0 Å². The van der Waals surface area contributed by atoms with Gasteiger partial charge < -0.3 is 9.47 Å². The van der Waals surface area contributed by atoms with Gasteiger partial charge in [-0.25, -0.2) is 0 Å². The molecular weight excluding hydrogens is 152 g/mol. The van der Waals surface area contributed by atoms with E-state index in [1.807, 2.05) is 27.7 Å². The Labute approximate surface area is 76.3 Å². The molecule has 73 valence electrons. The van der Waals surface area contributed by atoms with Gasteiger partial charge in [-0.05, 0) is 34.1 Å². The molecule has 0 aromatic carbocycles. The Bertz CT molecular complexity index is 115. The van der Waals surface area contributed by atoms with Gasteiger partial charge >= 0.3 is 0 Å². The van der Waals surface area contributed by atoms with E-state index >= 15 is 0 Å². The van der Waals surface area contributed by atoms with Crippen LogP contribution in [0.5, 0.6) is 0 Å². The summed E-state index contributed by atoms with van der Waals surface area (Å²) >= 11 is 0. The molecule has 0 fully saturated rings. The van der Waals surface area contributed by atoms with Gasteiger partial charge in [0.1, 0.15) is 0 Å². The van der Waals surface area contributed by atoms with Crippen LogP contribution in [0.4, 0.5) is 0 Å². The van der Waals surface area contributed by atoms with Crippen molar-refractivity contribution in [2.24, 2.45) is 0 Å². The highest BCUT2D eigenvalue weighted by Crippen LogP contribution is 2.12. The molecule has 0 aliphatic rings. The molecule has 0 heterocycles. The maximum Gasteiger partial charge on any atom is 0.158 e. The molecule has 2 nitrogen and oxygen atoms in total. The third-order valence-electron chi connectivity index (χ3n) is 1.44. The van der Waals surface area contributed by atoms with Crippen LogP contribution in [0.3, 0.4) is 0 Å². The fourth-order valence-corrected chi connectivity index (χ4v) is 0.777. The summed E-state index contributed by atoms with van der Waals surface area (Å²) in [6.45, 7) is 13.8. The summed E-state index contributed by atoms with van der Waals surface area (Å²) in [7, 11) is 0. The third kappa shape index (κ3) is 6.62. The van der Waals surface area contributed by atoms with Gasteiger partial charge in [0.2, 0.25) is 0 Å². The van der Waals surface area contributed by atoms with Crippen molar-refractivity contribution in [2.75, 3.05) is 0 Å². The molecule has 0 rings (SSSR count). The molecule has 0 saturated heterocycles. The van der Waals surface area contributed by atoms with Crippen LogP contribution in [0.1, 0.15) is 41.0 Å². The van der Waals surface area contributed by atoms with Gasteiger partial charge in [-0.1, -0.05) is 6.92 Å². The average Bonchev–Trinajstić information content (AvgIpc) is 1.82. The zero-order chi connectivity index (χ0) is 9.78. The van der Waals surface area contributed by atoms with Gasteiger partial charge in [-0.2, -0.15) is 0 Å². The number of hydrogen-bond donors (Lipinski definition) is 0. The topological polar surface area (TPSA) is 18.5 Å². The number of rotatable bonds is 4. The number of hydrogen-bond acceptors (Lipinski definition) is 2. The van der Waals surface area contributed by atoms with E-state index < -0.39 is 0 Å². The van der Waals surface area contributed by atoms with E-state index in [2.05, 4.69) is 13.8 Å². The van der Waals surface area contributed by atoms with Crippen LogP contribution >= 0.6 is 0 Å². The van der Waals surface area contributed by atoms with Gasteiger partial charge in [0.15, 0.2) is 6.29 Å². The van der Waals surface area contributed by atoms with Crippen LogP contribution in [0.25, 0.3) is 0 Å². The predicted octanol–water partition coefficient (Wildman–Crippen LogP) is 2.78. The van der Waals surface area contributed by atoms with Crippen LogP contribution < -0.4 is 0 Å². The molecule has 0 N–H and O–H groups in total. The molecule has 12 heavy (non-hydrogen) atoms. The Morgan fingerprint density at radius 1 is 1.33 bits per heavy atom. The van der Waals surface area contributed by atoms with E-state index in [1.165, 1.54) is 0 Å². The predicted molar refractivity (Wildman–Crippen MR) is 50.8 cm³/mol. The van der Waals surface area contributed by atoms with E-state index in [-0.39, 0.29) is 18.0 Å². The van der Waals surface area contributed by atoms with Crippen molar-refractivity contribution < 1.29 is 9.47 Å². The lowest BCUT2D eigenvalue weighted by Gasteiger charge is -2.26. The maximum atomic E-state index is 5.48. The minimum Gasteiger partial charge on any atom is -0.350 e. The van der Waals surface area contributed by atoms with Crippen LogP contribution in [-0.4, -0.2) is 18.0 Å². The molecule has 0 aromatic heterocycles. The monoisotopic (exact) mass is 173 g/mol. The Kier molecular flexibility index (Phi) is 4.80. The first-order chi connectivity index (χ1) is 5.35. The van der Waals surface area contributed by atoms with Crippen LogP contribution in [0.15, 0.2) is 0 Å². The Morgan fingerprint density at radius 3 is 2.17 bits per heavy atom. The van der Waals surface area contributed by atoms with Crippen molar-refractivity contribution in [1.82, 2.24) is 0 Å². The summed E-state index contributed by atoms with van der Waals surface area (Å²) in [5.41, 5.74) is -0.181. The van der Waals surface area contributed by atoms with Crippen molar-refractivity contribution in [3.05, 3.63) is 6.92 Å². The van der Waals surface area contributed by atoms with Gasteiger partial charge in [-0.3, -0.25) is 0 Å². The molecule has 0 aromatic rings. The highest BCUT2D eigenvalue weighted by Gasteiger charge is 2.16. The summed E-state index contributed by atoms with van der Waals surface area (Å²) in [5, 5.41) is 0. The maximum absolute atomic E-state index is 5.48. The lowest BCUT2D eigenvalue weighted by Crippen LogP contribution is -2.29.